The molecule has 0 spiro atoms. The maximum absolute atomic E-state index is 11.5. The fourth-order valence-corrected chi connectivity index (χ4v) is 1.54. The third-order valence-electron chi connectivity index (χ3n) is 2.53. The number of carbonyl (C=O) groups is 1. The van der Waals surface area contributed by atoms with Gasteiger partial charge in [-0.2, -0.15) is 0 Å². The molecule has 1 aliphatic rings. The molecule has 0 radical (unpaired) electrons. The van der Waals surface area contributed by atoms with Gasteiger partial charge < -0.3 is 4.74 Å². The molecule has 1 rings (SSSR count). The molecule has 0 aliphatic carbocycles. The van der Waals surface area contributed by atoms with Crippen molar-refractivity contribution in [2.45, 2.75) is 45.6 Å². The fourth-order valence-electron chi connectivity index (χ4n) is 1.54. The van der Waals surface area contributed by atoms with Crippen molar-refractivity contribution in [2.24, 2.45) is 5.92 Å². The molecule has 0 saturated carbocycles. The van der Waals surface area contributed by atoms with Gasteiger partial charge in [0.1, 0.15) is 0 Å². The standard InChI is InChI=1S/C13H20O2/c1-11-9-7-5-3-4-6-8-10-12(2)15-13(11)14/h3-4,7,9,11-12H,5-6,8,10H2,1-2H3/b4-3-,9-7-. The summed E-state index contributed by atoms with van der Waals surface area (Å²) in [6, 6.07) is 0. The Bertz CT molecular complexity index is 253. The predicted octanol–water partition coefficient (Wildman–Crippen LogP) is 3.24. The average Bonchev–Trinajstić information content (AvgIpc) is 2.19. The van der Waals surface area contributed by atoms with Gasteiger partial charge in [-0.3, -0.25) is 4.79 Å². The molecule has 15 heavy (non-hydrogen) atoms. The molecule has 1 aliphatic heterocycles. The molecule has 2 unspecified atom stereocenters. The van der Waals surface area contributed by atoms with Crippen LogP contribution in [0.2, 0.25) is 0 Å². The third-order valence-corrected chi connectivity index (χ3v) is 2.53. The summed E-state index contributed by atoms with van der Waals surface area (Å²) < 4.78 is 5.32. The van der Waals surface area contributed by atoms with Gasteiger partial charge in [-0.1, -0.05) is 24.3 Å². The summed E-state index contributed by atoms with van der Waals surface area (Å²) in [5, 5.41) is 0. The SMILES string of the molecule is CC1CCC/C=C\C/C=C\C(C)C(=O)O1. The van der Waals surface area contributed by atoms with Crippen LogP contribution in [-0.2, 0) is 9.53 Å². The Balaban J connectivity index is 2.57. The van der Waals surface area contributed by atoms with Crippen LogP contribution >= 0.6 is 0 Å². The lowest BCUT2D eigenvalue weighted by molar-refractivity contribution is -0.151. The Kier molecular flexibility index (Phi) is 5.16. The number of hydrogen-bond acceptors (Lipinski definition) is 2. The highest BCUT2D eigenvalue weighted by atomic mass is 16.5. The Hall–Kier alpha value is -1.05. The highest BCUT2D eigenvalue weighted by Gasteiger charge is 2.14. The maximum Gasteiger partial charge on any atom is 0.312 e. The van der Waals surface area contributed by atoms with E-state index in [2.05, 4.69) is 12.2 Å². The van der Waals surface area contributed by atoms with E-state index in [-0.39, 0.29) is 18.0 Å². The second-order valence-electron chi connectivity index (χ2n) is 4.10. The van der Waals surface area contributed by atoms with Crippen LogP contribution < -0.4 is 0 Å². The monoisotopic (exact) mass is 208 g/mol. The molecule has 2 nitrogen and oxygen atoms in total. The second kappa shape index (κ2) is 6.44. The Morgan fingerprint density at radius 1 is 1.27 bits per heavy atom. The Morgan fingerprint density at radius 3 is 2.87 bits per heavy atom. The molecule has 0 bridgehead atoms. The topological polar surface area (TPSA) is 26.3 Å². The molecular weight excluding hydrogens is 188 g/mol. The van der Waals surface area contributed by atoms with Crippen molar-refractivity contribution < 1.29 is 9.53 Å². The lowest BCUT2D eigenvalue weighted by atomic mass is 10.1. The van der Waals surface area contributed by atoms with Crippen molar-refractivity contribution in [3.63, 3.8) is 0 Å². The number of carbonyl (C=O) groups excluding carboxylic acids is 1. The summed E-state index contributed by atoms with van der Waals surface area (Å²) in [4.78, 5) is 11.5. The molecule has 2 atom stereocenters. The van der Waals surface area contributed by atoms with E-state index in [1.54, 1.807) is 0 Å². The van der Waals surface area contributed by atoms with E-state index in [0.29, 0.717) is 0 Å². The van der Waals surface area contributed by atoms with Crippen molar-refractivity contribution in [2.75, 3.05) is 0 Å². The first-order chi connectivity index (χ1) is 7.20. The van der Waals surface area contributed by atoms with Gasteiger partial charge in [0.2, 0.25) is 0 Å². The highest BCUT2D eigenvalue weighted by Crippen LogP contribution is 2.11. The first-order valence-corrected chi connectivity index (χ1v) is 5.72. The van der Waals surface area contributed by atoms with E-state index >= 15 is 0 Å². The summed E-state index contributed by atoms with van der Waals surface area (Å²) in [5.41, 5.74) is 0. The van der Waals surface area contributed by atoms with E-state index in [4.69, 9.17) is 4.74 Å². The smallest absolute Gasteiger partial charge is 0.312 e. The first kappa shape index (κ1) is 12.0. The van der Waals surface area contributed by atoms with Crippen LogP contribution in [0.5, 0.6) is 0 Å². The van der Waals surface area contributed by atoms with Crippen LogP contribution in [0.4, 0.5) is 0 Å². The molecule has 0 aromatic carbocycles. The molecule has 0 amide bonds. The Morgan fingerprint density at radius 2 is 2.07 bits per heavy atom. The van der Waals surface area contributed by atoms with E-state index < -0.39 is 0 Å². The van der Waals surface area contributed by atoms with Gasteiger partial charge in [0.25, 0.3) is 0 Å². The van der Waals surface area contributed by atoms with Crippen LogP contribution in [-0.4, -0.2) is 12.1 Å². The number of cyclic esters (lactones) is 1. The van der Waals surface area contributed by atoms with Crippen LogP contribution in [0.25, 0.3) is 0 Å². The van der Waals surface area contributed by atoms with Gasteiger partial charge in [-0.15, -0.1) is 0 Å². The maximum atomic E-state index is 11.5. The quantitative estimate of drug-likeness (QED) is 0.451. The molecule has 0 N–H and O–H groups in total. The fraction of sp³-hybridized carbons (Fsp3) is 0.615. The second-order valence-corrected chi connectivity index (χ2v) is 4.10. The predicted molar refractivity (Wildman–Crippen MR) is 61.5 cm³/mol. The zero-order valence-electron chi connectivity index (χ0n) is 9.61. The molecular formula is C13H20O2. The first-order valence-electron chi connectivity index (χ1n) is 5.72. The minimum absolute atomic E-state index is 0.0428. The average molecular weight is 208 g/mol. The van der Waals surface area contributed by atoms with E-state index in [1.807, 2.05) is 26.0 Å². The highest BCUT2D eigenvalue weighted by molar-refractivity contribution is 5.74. The van der Waals surface area contributed by atoms with Crippen LogP contribution in [0.3, 0.4) is 0 Å². The van der Waals surface area contributed by atoms with Gasteiger partial charge in [0, 0.05) is 0 Å². The van der Waals surface area contributed by atoms with Gasteiger partial charge in [0.15, 0.2) is 0 Å². The summed E-state index contributed by atoms with van der Waals surface area (Å²) in [7, 11) is 0. The normalized spacial score (nSPS) is 33.3. The molecule has 2 heteroatoms. The zero-order chi connectivity index (χ0) is 11.1. The van der Waals surface area contributed by atoms with Gasteiger partial charge in [-0.25, -0.2) is 0 Å². The summed E-state index contributed by atoms with van der Waals surface area (Å²) in [5.74, 6) is -0.233. The number of ether oxygens (including phenoxy) is 1. The molecule has 0 aromatic heterocycles. The third kappa shape index (κ3) is 4.82. The number of allylic oxidation sites excluding steroid dienone is 3. The molecule has 84 valence electrons. The minimum atomic E-state index is -0.125. The minimum Gasteiger partial charge on any atom is -0.462 e. The van der Waals surface area contributed by atoms with Crippen LogP contribution in [0, 0.1) is 5.92 Å². The Labute approximate surface area is 92.0 Å². The molecule has 0 saturated heterocycles. The van der Waals surface area contributed by atoms with E-state index in [0.717, 1.165) is 25.7 Å². The summed E-state index contributed by atoms with van der Waals surface area (Å²) in [6.07, 6.45) is 12.4. The molecule has 0 fully saturated rings. The van der Waals surface area contributed by atoms with Gasteiger partial charge in [0.05, 0.1) is 12.0 Å². The van der Waals surface area contributed by atoms with Gasteiger partial charge >= 0.3 is 5.97 Å². The lowest BCUT2D eigenvalue weighted by Crippen LogP contribution is -2.19. The van der Waals surface area contributed by atoms with Gasteiger partial charge in [-0.05, 0) is 39.5 Å². The van der Waals surface area contributed by atoms with E-state index in [1.165, 1.54) is 0 Å². The molecule has 0 aromatic rings. The van der Waals surface area contributed by atoms with E-state index in [9.17, 15) is 4.79 Å². The number of hydrogen-bond donors (Lipinski definition) is 0. The van der Waals surface area contributed by atoms with Crippen molar-refractivity contribution >= 4 is 5.97 Å². The van der Waals surface area contributed by atoms with Crippen molar-refractivity contribution in [1.29, 1.82) is 0 Å². The zero-order valence-corrected chi connectivity index (χ0v) is 9.61. The lowest BCUT2D eigenvalue weighted by Gasteiger charge is -2.15. The largest absolute Gasteiger partial charge is 0.462 e. The van der Waals surface area contributed by atoms with Crippen molar-refractivity contribution in [1.82, 2.24) is 0 Å². The molecule has 1 heterocycles. The number of esters is 1. The van der Waals surface area contributed by atoms with Crippen LogP contribution in [0.1, 0.15) is 39.5 Å². The van der Waals surface area contributed by atoms with Crippen LogP contribution in [0.15, 0.2) is 24.3 Å². The summed E-state index contributed by atoms with van der Waals surface area (Å²) >= 11 is 0. The van der Waals surface area contributed by atoms with Crippen molar-refractivity contribution in [3.8, 4) is 0 Å². The summed E-state index contributed by atoms with van der Waals surface area (Å²) in [6.45, 7) is 3.84. The number of rotatable bonds is 0. The van der Waals surface area contributed by atoms with Crippen molar-refractivity contribution in [3.05, 3.63) is 24.3 Å².